The van der Waals surface area contributed by atoms with E-state index in [2.05, 4.69) is 21.2 Å². The van der Waals surface area contributed by atoms with Gasteiger partial charge < -0.3 is 9.84 Å². The minimum atomic E-state index is -1.06. The highest BCUT2D eigenvalue weighted by molar-refractivity contribution is 9.10. The predicted octanol–water partition coefficient (Wildman–Crippen LogP) is 3.11. The molecule has 1 rings (SSSR count). The molecule has 0 aliphatic carbocycles. The summed E-state index contributed by atoms with van der Waals surface area (Å²) >= 11 is 3.17. The van der Waals surface area contributed by atoms with E-state index in [1.54, 1.807) is 6.07 Å². The second-order valence-electron chi connectivity index (χ2n) is 3.29. The van der Waals surface area contributed by atoms with Crippen molar-refractivity contribution in [1.29, 1.82) is 0 Å². The molecule has 0 fully saturated rings. The third kappa shape index (κ3) is 4.44. The van der Waals surface area contributed by atoms with Crippen molar-refractivity contribution in [1.82, 2.24) is 0 Å². The van der Waals surface area contributed by atoms with Gasteiger partial charge in [-0.2, -0.15) is 0 Å². The Labute approximate surface area is 107 Å². The molecule has 0 aromatic heterocycles. The van der Waals surface area contributed by atoms with Gasteiger partial charge in [-0.1, -0.05) is 22.9 Å². The van der Waals surface area contributed by atoms with Crippen molar-refractivity contribution in [2.75, 3.05) is 11.9 Å². The number of ether oxygens (including phenoxy) is 1. The van der Waals surface area contributed by atoms with Crippen LogP contribution in [-0.4, -0.2) is 23.8 Å². The van der Waals surface area contributed by atoms with Gasteiger partial charge in [0.15, 0.2) is 0 Å². The van der Waals surface area contributed by atoms with Crippen LogP contribution in [0.3, 0.4) is 0 Å². The third-order valence-electron chi connectivity index (χ3n) is 1.83. The molecule has 92 valence electrons. The second-order valence-corrected chi connectivity index (χ2v) is 4.21. The van der Waals surface area contributed by atoms with E-state index < -0.39 is 12.1 Å². The molecule has 1 aromatic carbocycles. The number of benzene rings is 1. The van der Waals surface area contributed by atoms with Crippen LogP contribution in [0.15, 0.2) is 22.7 Å². The van der Waals surface area contributed by atoms with Gasteiger partial charge in [-0.25, -0.2) is 9.59 Å². The number of rotatable bonds is 4. The van der Waals surface area contributed by atoms with E-state index in [-0.39, 0.29) is 5.56 Å². The van der Waals surface area contributed by atoms with E-state index in [4.69, 9.17) is 9.84 Å². The lowest BCUT2D eigenvalue weighted by atomic mass is 10.2. The van der Waals surface area contributed by atoms with E-state index >= 15 is 0 Å². The Kier molecular flexibility index (Phi) is 4.96. The topological polar surface area (TPSA) is 75.6 Å². The van der Waals surface area contributed by atoms with Gasteiger partial charge in [-0.15, -0.1) is 0 Å². The van der Waals surface area contributed by atoms with Crippen molar-refractivity contribution in [3.8, 4) is 0 Å². The van der Waals surface area contributed by atoms with Crippen molar-refractivity contribution < 1.29 is 19.4 Å². The standard InChI is InChI=1S/C11H12BrNO4/c1-2-3-17-11(16)13-9-5-7(10(14)15)4-8(12)6-9/h4-6H,2-3H2,1H3,(H,13,16)(H,14,15). The number of carboxylic acid groups (broad SMARTS) is 1. The Morgan fingerprint density at radius 1 is 1.41 bits per heavy atom. The van der Waals surface area contributed by atoms with Crippen LogP contribution in [0.25, 0.3) is 0 Å². The van der Waals surface area contributed by atoms with Gasteiger partial charge in [0.1, 0.15) is 0 Å². The SMILES string of the molecule is CCCOC(=O)Nc1cc(Br)cc(C(=O)O)c1. The molecule has 0 spiro atoms. The quantitative estimate of drug-likeness (QED) is 0.896. The summed E-state index contributed by atoms with van der Waals surface area (Å²) in [5, 5.41) is 11.3. The number of carbonyl (C=O) groups is 2. The maximum Gasteiger partial charge on any atom is 0.411 e. The van der Waals surface area contributed by atoms with Gasteiger partial charge in [0.05, 0.1) is 12.2 Å². The van der Waals surface area contributed by atoms with Gasteiger partial charge in [0, 0.05) is 10.2 Å². The molecule has 0 saturated heterocycles. The molecule has 0 saturated carbocycles. The minimum Gasteiger partial charge on any atom is -0.478 e. The van der Waals surface area contributed by atoms with Gasteiger partial charge in [-0.3, -0.25) is 5.32 Å². The molecule has 0 bridgehead atoms. The number of carbonyl (C=O) groups excluding carboxylic acids is 1. The van der Waals surface area contributed by atoms with Crippen LogP contribution in [0.1, 0.15) is 23.7 Å². The molecule has 1 amide bonds. The number of aromatic carboxylic acids is 1. The van der Waals surface area contributed by atoms with E-state index in [1.807, 2.05) is 6.92 Å². The van der Waals surface area contributed by atoms with E-state index in [0.29, 0.717) is 16.8 Å². The number of amides is 1. The summed E-state index contributed by atoms with van der Waals surface area (Å²) in [6.07, 6.45) is 0.132. The van der Waals surface area contributed by atoms with Crippen LogP contribution in [0.2, 0.25) is 0 Å². The number of anilines is 1. The van der Waals surface area contributed by atoms with Crippen molar-refractivity contribution in [3.63, 3.8) is 0 Å². The maximum absolute atomic E-state index is 11.3. The van der Waals surface area contributed by atoms with Crippen LogP contribution in [0.5, 0.6) is 0 Å². The van der Waals surface area contributed by atoms with Crippen molar-refractivity contribution in [3.05, 3.63) is 28.2 Å². The molecule has 0 unspecified atom stereocenters. The Morgan fingerprint density at radius 2 is 2.12 bits per heavy atom. The molecule has 0 heterocycles. The molecule has 0 aliphatic rings. The first kappa shape index (κ1) is 13.5. The molecular formula is C11H12BrNO4. The molecule has 0 aliphatic heterocycles. The Morgan fingerprint density at radius 3 is 2.71 bits per heavy atom. The lowest BCUT2D eigenvalue weighted by molar-refractivity contribution is 0.0696. The van der Waals surface area contributed by atoms with Crippen LogP contribution in [0.4, 0.5) is 10.5 Å². The molecule has 0 atom stereocenters. The van der Waals surface area contributed by atoms with Gasteiger partial charge in [0.25, 0.3) is 0 Å². The monoisotopic (exact) mass is 301 g/mol. The summed E-state index contributed by atoms with van der Waals surface area (Å²) in [5.41, 5.74) is 0.461. The zero-order chi connectivity index (χ0) is 12.8. The fourth-order valence-electron chi connectivity index (χ4n) is 1.13. The molecule has 2 N–H and O–H groups in total. The fraction of sp³-hybridized carbons (Fsp3) is 0.273. The molecule has 5 nitrogen and oxygen atoms in total. The highest BCUT2D eigenvalue weighted by Crippen LogP contribution is 2.19. The number of hydrogen-bond donors (Lipinski definition) is 2. The van der Waals surface area contributed by atoms with Crippen molar-refractivity contribution >= 4 is 33.7 Å². The van der Waals surface area contributed by atoms with Crippen LogP contribution in [0, 0.1) is 0 Å². The van der Waals surface area contributed by atoms with Crippen molar-refractivity contribution in [2.45, 2.75) is 13.3 Å². The number of hydrogen-bond acceptors (Lipinski definition) is 3. The normalized spacial score (nSPS) is 9.76. The summed E-state index contributed by atoms with van der Waals surface area (Å²) in [4.78, 5) is 22.1. The highest BCUT2D eigenvalue weighted by atomic mass is 79.9. The molecular weight excluding hydrogens is 290 g/mol. The summed E-state index contributed by atoms with van der Waals surface area (Å²) < 4.78 is 5.39. The third-order valence-corrected chi connectivity index (χ3v) is 2.29. The first-order chi connectivity index (χ1) is 8.02. The summed E-state index contributed by atoms with van der Waals surface area (Å²) in [6.45, 7) is 2.21. The van der Waals surface area contributed by atoms with Gasteiger partial charge >= 0.3 is 12.1 Å². The lowest BCUT2D eigenvalue weighted by Gasteiger charge is -2.07. The van der Waals surface area contributed by atoms with Crippen LogP contribution < -0.4 is 5.32 Å². The van der Waals surface area contributed by atoms with E-state index in [9.17, 15) is 9.59 Å². The molecule has 1 aromatic rings. The fourth-order valence-corrected chi connectivity index (χ4v) is 1.63. The number of nitrogens with one attached hydrogen (secondary N) is 1. The van der Waals surface area contributed by atoms with Gasteiger partial charge in [-0.05, 0) is 24.6 Å². The largest absolute Gasteiger partial charge is 0.478 e. The smallest absolute Gasteiger partial charge is 0.411 e. The van der Waals surface area contributed by atoms with Crippen LogP contribution >= 0.6 is 15.9 Å². The minimum absolute atomic E-state index is 0.0881. The summed E-state index contributed by atoms with van der Waals surface area (Å²) in [7, 11) is 0. The molecule has 0 radical (unpaired) electrons. The Hall–Kier alpha value is -1.56. The Bertz CT molecular complexity index is 433. The highest BCUT2D eigenvalue weighted by Gasteiger charge is 2.08. The lowest BCUT2D eigenvalue weighted by Crippen LogP contribution is -2.14. The number of carboxylic acids is 1. The maximum atomic E-state index is 11.3. The predicted molar refractivity (Wildman–Crippen MR) is 66.4 cm³/mol. The second kappa shape index (κ2) is 6.24. The first-order valence-corrected chi connectivity index (χ1v) is 5.80. The number of halogens is 1. The Balaban J connectivity index is 2.77. The average molecular weight is 302 g/mol. The summed E-state index contributed by atoms with van der Waals surface area (Å²) in [5.74, 6) is -1.06. The molecule has 6 heteroatoms. The van der Waals surface area contributed by atoms with E-state index in [1.165, 1.54) is 12.1 Å². The van der Waals surface area contributed by atoms with E-state index in [0.717, 1.165) is 6.42 Å². The van der Waals surface area contributed by atoms with Gasteiger partial charge in [0.2, 0.25) is 0 Å². The van der Waals surface area contributed by atoms with Crippen LogP contribution in [-0.2, 0) is 4.74 Å². The zero-order valence-corrected chi connectivity index (χ0v) is 10.8. The van der Waals surface area contributed by atoms with Crippen molar-refractivity contribution in [2.24, 2.45) is 0 Å². The summed E-state index contributed by atoms with van der Waals surface area (Å²) in [6, 6.07) is 4.41. The molecule has 17 heavy (non-hydrogen) atoms. The average Bonchev–Trinajstić information content (AvgIpc) is 2.25. The first-order valence-electron chi connectivity index (χ1n) is 5.00. The zero-order valence-electron chi connectivity index (χ0n) is 9.20.